The fourth-order valence-electron chi connectivity index (χ4n) is 10.8. The van der Waals surface area contributed by atoms with Crippen LogP contribution in [0.2, 0.25) is 0 Å². The van der Waals surface area contributed by atoms with Crippen molar-refractivity contribution in [3.05, 3.63) is 247 Å². The fourth-order valence-corrected chi connectivity index (χ4v) is 10.8. The van der Waals surface area contributed by atoms with Gasteiger partial charge in [-0.2, -0.15) is 0 Å². The predicted molar refractivity (Wildman–Crippen MR) is 253 cm³/mol. The first-order valence-corrected chi connectivity index (χ1v) is 21.1. The van der Waals surface area contributed by atoms with Crippen molar-refractivity contribution in [2.45, 2.75) is 5.41 Å². The van der Waals surface area contributed by atoms with Crippen LogP contribution in [0.5, 0.6) is 0 Å². The molecule has 11 aromatic rings. The van der Waals surface area contributed by atoms with Crippen molar-refractivity contribution in [1.29, 1.82) is 0 Å². The van der Waals surface area contributed by atoms with Gasteiger partial charge in [0, 0.05) is 33.2 Å². The number of fused-ring (bicyclic) bond motifs is 14. The van der Waals surface area contributed by atoms with E-state index in [-0.39, 0.29) is 0 Å². The highest BCUT2D eigenvalue weighted by molar-refractivity contribution is 6.14. The maximum absolute atomic E-state index is 6.89. The number of nitrogens with zero attached hydrogens (tertiary/aromatic N) is 1. The zero-order valence-corrected chi connectivity index (χ0v) is 33.2. The smallest absolute Gasteiger partial charge is 0.143 e. The van der Waals surface area contributed by atoms with Gasteiger partial charge in [0.25, 0.3) is 0 Å². The molecule has 2 aliphatic rings. The molecule has 0 N–H and O–H groups in total. The highest BCUT2D eigenvalue weighted by atomic mass is 16.3. The van der Waals surface area contributed by atoms with E-state index >= 15 is 0 Å². The maximum atomic E-state index is 6.89. The molecule has 1 aromatic heterocycles. The Labute approximate surface area is 354 Å². The molecule has 0 saturated carbocycles. The molecule has 0 saturated heterocycles. The summed E-state index contributed by atoms with van der Waals surface area (Å²) >= 11 is 0. The van der Waals surface area contributed by atoms with Crippen molar-refractivity contribution in [3.63, 3.8) is 0 Å². The summed E-state index contributed by atoms with van der Waals surface area (Å²) < 4.78 is 6.89. The number of rotatable bonds is 5. The Morgan fingerprint density at radius 2 is 0.836 bits per heavy atom. The summed E-state index contributed by atoms with van der Waals surface area (Å²) in [4.78, 5) is 2.48. The van der Waals surface area contributed by atoms with E-state index < -0.39 is 5.41 Å². The third-order valence-corrected chi connectivity index (χ3v) is 13.3. The van der Waals surface area contributed by atoms with Crippen molar-refractivity contribution in [1.82, 2.24) is 0 Å². The van der Waals surface area contributed by atoms with E-state index in [2.05, 4.69) is 229 Å². The Balaban J connectivity index is 1.10. The molecule has 2 nitrogen and oxygen atoms in total. The van der Waals surface area contributed by atoms with E-state index in [0.717, 1.165) is 61.3 Å². The summed E-state index contributed by atoms with van der Waals surface area (Å²) in [6, 6.07) is 82.3. The number of hydrogen-bond donors (Lipinski definition) is 0. The zero-order valence-electron chi connectivity index (χ0n) is 33.2. The number of furan rings is 1. The lowest BCUT2D eigenvalue weighted by molar-refractivity contribution is 0.670. The monoisotopic (exact) mass is 775 g/mol. The van der Waals surface area contributed by atoms with Crippen LogP contribution in [0.25, 0.3) is 77.2 Å². The molecule has 0 bridgehead atoms. The minimum atomic E-state index is -0.470. The van der Waals surface area contributed by atoms with Crippen molar-refractivity contribution in [2.24, 2.45) is 0 Å². The van der Waals surface area contributed by atoms with E-state index in [1.54, 1.807) is 0 Å². The number of para-hydroxylation sites is 3. The van der Waals surface area contributed by atoms with Gasteiger partial charge in [-0.1, -0.05) is 188 Å². The SMILES string of the molecule is c1ccc(-c2ccccc2N(c2ccc3c(c2)C2(c4ccccc4-c4ccccc42)c2ccccc2-3)c2ccccc2-c2cccc3c2oc2cc4ccccc4cc23)cc1. The first kappa shape index (κ1) is 34.0. The summed E-state index contributed by atoms with van der Waals surface area (Å²) in [7, 11) is 0. The minimum absolute atomic E-state index is 0.470. The summed E-state index contributed by atoms with van der Waals surface area (Å²) in [6.07, 6.45) is 0. The van der Waals surface area contributed by atoms with Gasteiger partial charge in [0.15, 0.2) is 0 Å². The van der Waals surface area contributed by atoms with Gasteiger partial charge >= 0.3 is 0 Å². The Bertz CT molecular complexity index is 3490. The Hall–Kier alpha value is -7.94. The van der Waals surface area contributed by atoms with Crippen LogP contribution in [-0.2, 0) is 5.41 Å². The molecule has 0 unspecified atom stereocenters. The van der Waals surface area contributed by atoms with Gasteiger partial charge in [0.2, 0.25) is 0 Å². The van der Waals surface area contributed by atoms with Crippen LogP contribution in [0.1, 0.15) is 22.3 Å². The molecular weight excluding hydrogens is 739 g/mol. The zero-order chi connectivity index (χ0) is 40.1. The molecule has 13 rings (SSSR count). The molecule has 2 aliphatic carbocycles. The van der Waals surface area contributed by atoms with Crippen LogP contribution >= 0.6 is 0 Å². The lowest BCUT2D eigenvalue weighted by Crippen LogP contribution is -2.26. The average Bonchev–Trinajstić information content (AvgIpc) is 3.95. The number of benzene rings is 10. The first-order valence-electron chi connectivity index (χ1n) is 21.1. The van der Waals surface area contributed by atoms with Crippen molar-refractivity contribution in [3.8, 4) is 44.5 Å². The molecule has 0 radical (unpaired) electrons. The largest absolute Gasteiger partial charge is 0.455 e. The quantitative estimate of drug-likeness (QED) is 0.173. The standard InChI is InChI=1S/C59H37NO/c1-2-17-38(18-3-1)42-21-9-14-31-55(42)60(56-32-15-10-25-47(56)48-26-16-27-49-50-35-39-19-4-5-20-40(39)36-57(50)61-58(48)49)41-33-34-46-45-24-8-13-30-53(45)59(54(46)37-41)51-28-11-6-22-43(51)44-23-7-12-29-52(44)59/h1-37H. The molecule has 61 heavy (non-hydrogen) atoms. The van der Waals surface area contributed by atoms with Crippen LogP contribution in [0.15, 0.2) is 229 Å². The van der Waals surface area contributed by atoms with E-state index in [9.17, 15) is 0 Å². The second-order valence-electron chi connectivity index (χ2n) is 16.3. The second-order valence-corrected chi connectivity index (χ2v) is 16.3. The van der Waals surface area contributed by atoms with Crippen LogP contribution in [0, 0.1) is 0 Å². The Morgan fingerprint density at radius 1 is 0.328 bits per heavy atom. The lowest BCUT2D eigenvalue weighted by Gasteiger charge is -2.33. The normalized spacial score (nSPS) is 13.0. The van der Waals surface area contributed by atoms with Gasteiger partial charge in [0.05, 0.1) is 16.8 Å². The third-order valence-electron chi connectivity index (χ3n) is 13.3. The van der Waals surface area contributed by atoms with Gasteiger partial charge < -0.3 is 9.32 Å². The Morgan fingerprint density at radius 3 is 1.51 bits per heavy atom. The van der Waals surface area contributed by atoms with Gasteiger partial charge in [-0.3, -0.25) is 0 Å². The van der Waals surface area contributed by atoms with Crippen molar-refractivity contribution in [2.75, 3.05) is 4.90 Å². The average molecular weight is 776 g/mol. The molecular formula is C59H37NO. The number of hydrogen-bond acceptors (Lipinski definition) is 2. The summed E-state index contributed by atoms with van der Waals surface area (Å²) in [5, 5.41) is 4.61. The molecule has 0 fully saturated rings. The van der Waals surface area contributed by atoms with E-state index in [0.29, 0.717) is 0 Å². The van der Waals surface area contributed by atoms with Crippen molar-refractivity contribution >= 4 is 49.8 Å². The third kappa shape index (κ3) is 4.79. The summed E-state index contributed by atoms with van der Waals surface area (Å²) in [6.45, 7) is 0. The van der Waals surface area contributed by atoms with Crippen LogP contribution in [0.4, 0.5) is 17.1 Å². The topological polar surface area (TPSA) is 16.4 Å². The highest BCUT2D eigenvalue weighted by Crippen LogP contribution is 2.63. The van der Waals surface area contributed by atoms with Crippen molar-refractivity contribution < 1.29 is 4.42 Å². The van der Waals surface area contributed by atoms with Crippen LogP contribution in [0.3, 0.4) is 0 Å². The molecule has 10 aromatic carbocycles. The van der Waals surface area contributed by atoms with Crippen LogP contribution in [-0.4, -0.2) is 0 Å². The van der Waals surface area contributed by atoms with Crippen LogP contribution < -0.4 is 4.90 Å². The molecule has 0 aliphatic heterocycles. The molecule has 0 amide bonds. The highest BCUT2D eigenvalue weighted by Gasteiger charge is 2.51. The first-order chi connectivity index (χ1) is 30.3. The van der Waals surface area contributed by atoms with E-state index in [4.69, 9.17) is 4.42 Å². The van der Waals surface area contributed by atoms with E-state index in [1.807, 2.05) is 0 Å². The lowest BCUT2D eigenvalue weighted by atomic mass is 9.70. The van der Waals surface area contributed by atoms with Gasteiger partial charge in [0.1, 0.15) is 11.2 Å². The fraction of sp³-hybridized carbons (Fsp3) is 0.0169. The summed E-state index contributed by atoms with van der Waals surface area (Å²) in [5.41, 5.74) is 19.5. The molecule has 284 valence electrons. The predicted octanol–water partition coefficient (Wildman–Crippen LogP) is 15.9. The maximum Gasteiger partial charge on any atom is 0.143 e. The molecule has 1 spiro atoms. The van der Waals surface area contributed by atoms with Gasteiger partial charge in [-0.15, -0.1) is 0 Å². The van der Waals surface area contributed by atoms with Gasteiger partial charge in [-0.05, 0) is 97.2 Å². The second kappa shape index (κ2) is 13.0. The summed E-state index contributed by atoms with van der Waals surface area (Å²) in [5.74, 6) is 0. The molecule has 2 heteroatoms. The van der Waals surface area contributed by atoms with Gasteiger partial charge in [-0.25, -0.2) is 0 Å². The molecule has 1 heterocycles. The Kier molecular flexibility index (Phi) is 7.26. The minimum Gasteiger partial charge on any atom is -0.455 e. The molecule has 0 atom stereocenters. The van der Waals surface area contributed by atoms with E-state index in [1.165, 1.54) is 55.3 Å². The number of anilines is 3.